The van der Waals surface area contributed by atoms with E-state index in [1.54, 1.807) is 30.3 Å². The molecule has 0 aliphatic rings. The zero-order chi connectivity index (χ0) is 25.1. The third-order valence-electron chi connectivity index (χ3n) is 5.20. The van der Waals surface area contributed by atoms with Crippen LogP contribution in [0.4, 0.5) is 21.7 Å². The number of ether oxygens (including phenoxy) is 1. The maximum Gasteiger partial charge on any atom is 0.259 e. The summed E-state index contributed by atoms with van der Waals surface area (Å²) in [5.41, 5.74) is 2.87. The summed E-state index contributed by atoms with van der Waals surface area (Å²) in [6.07, 6.45) is 3.36. The molecule has 0 aliphatic heterocycles. The smallest absolute Gasteiger partial charge is 0.259 e. The van der Waals surface area contributed by atoms with Crippen LogP contribution in [-0.2, 0) is 0 Å². The van der Waals surface area contributed by atoms with Gasteiger partial charge in [0.05, 0.1) is 29.6 Å². The monoisotopic (exact) mass is 494 g/mol. The Bertz CT molecular complexity index is 1390. The molecule has 0 aliphatic carbocycles. The molecule has 0 atom stereocenters. The van der Waals surface area contributed by atoms with Crippen LogP contribution in [0.15, 0.2) is 54.9 Å². The molecule has 0 radical (unpaired) electrons. The minimum absolute atomic E-state index is 0.0984. The molecule has 0 saturated heterocycles. The molecule has 4 rings (SSSR count). The Labute approximate surface area is 207 Å². The number of aryl methyl sites for hydroxylation is 1. The number of carbonyl (C=O) groups excluding carboxylic acids is 1. The molecule has 0 bridgehead atoms. The Morgan fingerprint density at radius 2 is 1.97 bits per heavy atom. The van der Waals surface area contributed by atoms with Gasteiger partial charge in [-0.25, -0.2) is 14.4 Å². The van der Waals surface area contributed by atoms with Gasteiger partial charge in [0.15, 0.2) is 0 Å². The molecule has 2 aromatic carbocycles. The van der Waals surface area contributed by atoms with E-state index in [1.165, 1.54) is 19.4 Å². The highest BCUT2D eigenvalue weighted by molar-refractivity contribution is 6.32. The van der Waals surface area contributed by atoms with E-state index >= 15 is 0 Å². The summed E-state index contributed by atoms with van der Waals surface area (Å²) >= 11 is 6.32. The number of nitrogens with one attached hydrogen (secondary N) is 2. The summed E-state index contributed by atoms with van der Waals surface area (Å²) in [5.74, 6) is -0.422. The van der Waals surface area contributed by atoms with Gasteiger partial charge in [-0.2, -0.15) is 5.10 Å². The summed E-state index contributed by atoms with van der Waals surface area (Å²) in [6, 6.07) is 11.4. The van der Waals surface area contributed by atoms with Crippen LogP contribution in [0.5, 0.6) is 5.75 Å². The highest BCUT2D eigenvalue weighted by Crippen LogP contribution is 2.29. The van der Waals surface area contributed by atoms with Gasteiger partial charge in [0.1, 0.15) is 23.0 Å². The first-order valence-electron chi connectivity index (χ1n) is 10.9. The van der Waals surface area contributed by atoms with Crippen molar-refractivity contribution in [3.05, 3.63) is 76.8 Å². The molecule has 2 N–H and O–H groups in total. The van der Waals surface area contributed by atoms with Crippen LogP contribution < -0.4 is 15.4 Å². The van der Waals surface area contributed by atoms with E-state index in [9.17, 15) is 9.18 Å². The molecule has 1 amide bonds. The minimum Gasteiger partial charge on any atom is -0.496 e. The van der Waals surface area contributed by atoms with Crippen molar-refractivity contribution in [3.8, 4) is 17.1 Å². The molecule has 0 fully saturated rings. The quantitative estimate of drug-likeness (QED) is 0.326. The van der Waals surface area contributed by atoms with Gasteiger partial charge in [-0.15, -0.1) is 0 Å². The summed E-state index contributed by atoms with van der Waals surface area (Å²) in [5, 5.41) is 10.6. The summed E-state index contributed by atoms with van der Waals surface area (Å²) in [7, 11) is 1.45. The van der Waals surface area contributed by atoms with Crippen LogP contribution >= 0.6 is 11.6 Å². The fourth-order valence-corrected chi connectivity index (χ4v) is 3.56. The highest BCUT2D eigenvalue weighted by atomic mass is 35.5. The molecule has 8 nitrogen and oxygen atoms in total. The molecule has 2 aromatic heterocycles. The van der Waals surface area contributed by atoms with Gasteiger partial charge < -0.3 is 15.4 Å². The first-order valence-corrected chi connectivity index (χ1v) is 11.2. The third kappa shape index (κ3) is 5.41. The number of anilines is 3. The zero-order valence-corrected chi connectivity index (χ0v) is 20.4. The van der Waals surface area contributed by atoms with E-state index in [4.69, 9.17) is 16.3 Å². The van der Waals surface area contributed by atoms with Gasteiger partial charge in [0.2, 0.25) is 5.95 Å². The van der Waals surface area contributed by atoms with Gasteiger partial charge in [0.25, 0.3) is 5.91 Å². The molecule has 0 unspecified atom stereocenters. The molecule has 4 aromatic rings. The van der Waals surface area contributed by atoms with E-state index in [-0.39, 0.29) is 17.3 Å². The molecule has 10 heteroatoms. The Hall–Kier alpha value is -3.98. The van der Waals surface area contributed by atoms with E-state index in [2.05, 4.69) is 25.7 Å². The predicted octanol–water partition coefficient (Wildman–Crippen LogP) is 6.03. The topological polar surface area (TPSA) is 94.0 Å². The number of carbonyl (C=O) groups is 1. The number of rotatable bonds is 7. The number of methoxy groups -OCH3 is 1. The molecule has 35 heavy (non-hydrogen) atoms. The van der Waals surface area contributed by atoms with Crippen molar-refractivity contribution < 1.29 is 13.9 Å². The van der Waals surface area contributed by atoms with E-state index in [1.807, 2.05) is 37.7 Å². The molecule has 0 spiro atoms. The van der Waals surface area contributed by atoms with Crippen molar-refractivity contribution in [3.63, 3.8) is 0 Å². The number of halogens is 2. The average molecular weight is 495 g/mol. The van der Waals surface area contributed by atoms with Gasteiger partial charge in [-0.1, -0.05) is 17.7 Å². The second kappa shape index (κ2) is 10.1. The lowest BCUT2D eigenvalue weighted by atomic mass is 10.1. The standard InChI is InChI=1S/C25H24ClFN6O2/c1-14(2)33-10-9-20(32-33)23-18(26)13-28-25(31-23)29-16-6-7-17(22(12-16)35-4)24(34)30-21-11-15(3)5-8-19(21)27/h5-14H,1-4H3,(H,30,34)(H,28,29,31). The first kappa shape index (κ1) is 24.2. The van der Waals surface area contributed by atoms with Crippen LogP contribution in [-0.4, -0.2) is 32.8 Å². The van der Waals surface area contributed by atoms with E-state index in [0.717, 1.165) is 5.56 Å². The van der Waals surface area contributed by atoms with Crippen LogP contribution in [0.2, 0.25) is 5.02 Å². The lowest BCUT2D eigenvalue weighted by Crippen LogP contribution is -2.14. The number of aromatic nitrogens is 4. The number of hydrogen-bond donors (Lipinski definition) is 2. The Morgan fingerprint density at radius 1 is 1.17 bits per heavy atom. The Kier molecular flexibility index (Phi) is 6.97. The van der Waals surface area contributed by atoms with Gasteiger partial charge >= 0.3 is 0 Å². The number of hydrogen-bond acceptors (Lipinski definition) is 6. The van der Waals surface area contributed by atoms with Crippen molar-refractivity contribution in [1.29, 1.82) is 0 Å². The molecule has 0 saturated carbocycles. The Morgan fingerprint density at radius 3 is 2.69 bits per heavy atom. The van der Waals surface area contributed by atoms with E-state index < -0.39 is 11.7 Å². The van der Waals surface area contributed by atoms with Crippen LogP contribution in [0.1, 0.15) is 35.8 Å². The zero-order valence-electron chi connectivity index (χ0n) is 19.6. The lowest BCUT2D eigenvalue weighted by Gasteiger charge is -2.13. The normalized spacial score (nSPS) is 10.9. The SMILES string of the molecule is COc1cc(Nc2ncc(Cl)c(-c3ccn(C(C)C)n3)n2)ccc1C(=O)Nc1cc(C)ccc1F. The van der Waals surface area contributed by atoms with Crippen molar-refractivity contribution in [1.82, 2.24) is 19.7 Å². The fraction of sp³-hybridized carbons (Fsp3) is 0.200. The number of benzene rings is 2. The average Bonchev–Trinajstić information content (AvgIpc) is 3.33. The van der Waals surface area contributed by atoms with Gasteiger partial charge in [0, 0.05) is 24.0 Å². The molecular weight excluding hydrogens is 471 g/mol. The van der Waals surface area contributed by atoms with Gasteiger partial charge in [-0.3, -0.25) is 9.48 Å². The number of amides is 1. The summed E-state index contributed by atoms with van der Waals surface area (Å²) in [4.78, 5) is 21.5. The lowest BCUT2D eigenvalue weighted by molar-refractivity contribution is 0.102. The van der Waals surface area contributed by atoms with E-state index in [0.29, 0.717) is 33.8 Å². The predicted molar refractivity (Wildman–Crippen MR) is 134 cm³/mol. The minimum atomic E-state index is -0.518. The second-order valence-corrected chi connectivity index (χ2v) is 8.55. The summed E-state index contributed by atoms with van der Waals surface area (Å²) in [6.45, 7) is 5.87. The van der Waals surface area contributed by atoms with Gasteiger partial charge in [-0.05, 0) is 56.7 Å². The molecular formula is C25H24ClFN6O2. The maximum atomic E-state index is 14.1. The van der Waals surface area contributed by atoms with Crippen LogP contribution in [0.25, 0.3) is 11.4 Å². The largest absolute Gasteiger partial charge is 0.496 e. The maximum absolute atomic E-state index is 14.1. The van der Waals surface area contributed by atoms with Crippen molar-refractivity contribution in [2.75, 3.05) is 17.7 Å². The second-order valence-electron chi connectivity index (χ2n) is 8.14. The first-order chi connectivity index (χ1) is 16.7. The third-order valence-corrected chi connectivity index (χ3v) is 5.47. The van der Waals surface area contributed by atoms with Crippen LogP contribution in [0.3, 0.4) is 0 Å². The molecule has 180 valence electrons. The van der Waals surface area contributed by atoms with Crippen molar-refractivity contribution in [2.24, 2.45) is 0 Å². The Balaban J connectivity index is 1.56. The van der Waals surface area contributed by atoms with Crippen LogP contribution in [0, 0.1) is 12.7 Å². The van der Waals surface area contributed by atoms with Crippen molar-refractivity contribution >= 4 is 34.8 Å². The highest BCUT2D eigenvalue weighted by Gasteiger charge is 2.17. The fourth-order valence-electron chi connectivity index (χ4n) is 3.37. The van der Waals surface area contributed by atoms with Crippen molar-refractivity contribution in [2.45, 2.75) is 26.8 Å². The molecule has 2 heterocycles. The number of nitrogens with zero attached hydrogens (tertiary/aromatic N) is 4. The summed E-state index contributed by atoms with van der Waals surface area (Å²) < 4.78 is 21.3.